The highest BCUT2D eigenvalue weighted by molar-refractivity contribution is 7.99. The molecular weight excluding hydrogens is 721 g/mol. The molecule has 1 unspecified atom stereocenters. The van der Waals surface area contributed by atoms with E-state index < -0.39 is 5.41 Å². The van der Waals surface area contributed by atoms with E-state index in [0.29, 0.717) is 11.1 Å². The second kappa shape index (κ2) is 11.7. The Hall–Kier alpha value is -7.65. The first-order chi connectivity index (χ1) is 28.2. The molecule has 1 atom stereocenters. The average molecular weight is 747 g/mol. The van der Waals surface area contributed by atoms with Crippen LogP contribution in [0.2, 0.25) is 0 Å². The van der Waals surface area contributed by atoms with Gasteiger partial charge in [0.05, 0.1) is 80.0 Å². The molecule has 12 rings (SSSR count). The van der Waals surface area contributed by atoms with Crippen molar-refractivity contribution in [3.05, 3.63) is 191 Å². The molecule has 0 radical (unpaired) electrons. The third-order valence-electron chi connectivity index (χ3n) is 11.6. The fourth-order valence-electron chi connectivity index (χ4n) is 9.34. The molecule has 1 aliphatic carbocycles. The van der Waals surface area contributed by atoms with Crippen molar-refractivity contribution < 1.29 is 4.74 Å². The summed E-state index contributed by atoms with van der Waals surface area (Å²) in [4.78, 5) is 14.7. The molecule has 0 N–H and O–H groups in total. The quantitative estimate of drug-likeness (QED) is 0.174. The van der Waals surface area contributed by atoms with Gasteiger partial charge in [-0.1, -0.05) is 72.4 Å². The smallest absolute Gasteiger partial charge is 0.134 e. The summed E-state index contributed by atoms with van der Waals surface area (Å²) >= 11 is 1.67. The number of ether oxygens (including phenoxy) is 1. The van der Waals surface area contributed by atoms with E-state index in [1.54, 1.807) is 11.8 Å². The van der Waals surface area contributed by atoms with Gasteiger partial charge in [0.15, 0.2) is 0 Å². The van der Waals surface area contributed by atoms with Crippen LogP contribution in [0, 0.1) is 22.7 Å². The molecule has 0 saturated heterocycles. The maximum absolute atomic E-state index is 9.92. The van der Waals surface area contributed by atoms with E-state index in [0.717, 1.165) is 99.5 Å². The Kier molecular flexibility index (Phi) is 6.49. The zero-order valence-electron chi connectivity index (χ0n) is 30.0. The van der Waals surface area contributed by atoms with Gasteiger partial charge in [0.1, 0.15) is 11.5 Å². The van der Waals surface area contributed by atoms with E-state index in [2.05, 4.69) is 113 Å². The number of pyridine rings is 2. The van der Waals surface area contributed by atoms with Gasteiger partial charge in [-0.25, -0.2) is 0 Å². The minimum Gasteiger partial charge on any atom is -0.457 e. The van der Waals surface area contributed by atoms with Gasteiger partial charge in [-0.2, -0.15) is 10.5 Å². The van der Waals surface area contributed by atoms with Crippen molar-refractivity contribution in [2.45, 2.75) is 15.2 Å². The van der Waals surface area contributed by atoms with E-state index in [-0.39, 0.29) is 0 Å². The molecular formula is C49H26N6OS. The van der Waals surface area contributed by atoms with Crippen molar-refractivity contribution in [2.24, 2.45) is 0 Å². The average Bonchev–Trinajstić information content (AvgIpc) is 3.75. The molecule has 2 aliphatic heterocycles. The number of rotatable bonds is 2. The molecule has 8 heteroatoms. The van der Waals surface area contributed by atoms with Crippen LogP contribution in [-0.2, 0) is 5.41 Å². The zero-order chi connectivity index (χ0) is 37.8. The number of aromatic nitrogens is 3. The van der Waals surface area contributed by atoms with Crippen molar-refractivity contribution in [1.29, 1.82) is 10.5 Å². The summed E-state index contributed by atoms with van der Waals surface area (Å²) < 4.78 is 9.23. The van der Waals surface area contributed by atoms with Gasteiger partial charge >= 0.3 is 0 Å². The highest BCUT2D eigenvalue weighted by Gasteiger charge is 2.54. The normalized spacial score (nSPS) is 15.4. The third kappa shape index (κ3) is 4.20. The lowest BCUT2D eigenvalue weighted by atomic mass is 9.65. The van der Waals surface area contributed by atoms with E-state index in [1.165, 1.54) is 0 Å². The number of hydrogen-bond acceptors (Lipinski definition) is 7. The number of para-hydroxylation sites is 3. The molecule has 57 heavy (non-hydrogen) atoms. The van der Waals surface area contributed by atoms with Crippen LogP contribution in [0.5, 0.6) is 11.5 Å². The summed E-state index contributed by atoms with van der Waals surface area (Å²) in [6.45, 7) is 0. The number of hydrogen-bond donors (Lipinski definition) is 0. The topological polar surface area (TPSA) is 90.8 Å². The lowest BCUT2D eigenvalue weighted by Gasteiger charge is -2.41. The van der Waals surface area contributed by atoms with Crippen LogP contribution in [0.25, 0.3) is 38.9 Å². The number of benzene rings is 6. The van der Waals surface area contributed by atoms with E-state index >= 15 is 0 Å². The summed E-state index contributed by atoms with van der Waals surface area (Å²) in [5, 5.41) is 21.8. The zero-order valence-corrected chi connectivity index (χ0v) is 30.8. The van der Waals surface area contributed by atoms with Gasteiger partial charge in [0, 0.05) is 43.5 Å². The third-order valence-corrected chi connectivity index (χ3v) is 12.7. The van der Waals surface area contributed by atoms with Crippen molar-refractivity contribution in [3.63, 3.8) is 0 Å². The van der Waals surface area contributed by atoms with E-state index in [4.69, 9.17) is 14.7 Å². The summed E-state index contributed by atoms with van der Waals surface area (Å²) in [7, 11) is 0. The fourth-order valence-corrected chi connectivity index (χ4v) is 10.4. The lowest BCUT2D eigenvalue weighted by molar-refractivity contribution is 0.435. The van der Waals surface area contributed by atoms with Crippen LogP contribution in [-0.4, -0.2) is 14.5 Å². The number of anilines is 3. The molecule has 7 nitrogen and oxygen atoms in total. The van der Waals surface area contributed by atoms with E-state index in [9.17, 15) is 10.5 Å². The molecule has 3 aliphatic rings. The van der Waals surface area contributed by atoms with Crippen molar-refractivity contribution >= 4 is 50.6 Å². The lowest BCUT2D eigenvalue weighted by Crippen LogP contribution is -2.34. The van der Waals surface area contributed by atoms with Gasteiger partial charge in [-0.15, -0.1) is 0 Å². The van der Waals surface area contributed by atoms with Crippen molar-refractivity contribution in [2.75, 3.05) is 4.90 Å². The number of nitrogens with zero attached hydrogens (tertiary/aromatic N) is 6. The Morgan fingerprint density at radius 2 is 1.28 bits per heavy atom. The SMILES string of the molecule is N#Cc1ccc2c(c1)Sc1ccccc1N2c1cnc2c(c1)C1(c3ccccc3Oc3cccc(-n4c5ccccc5c5cc(C#N)ccc54)c31)c1cccnc1-2. The first kappa shape index (κ1) is 31.7. The molecule has 5 heterocycles. The number of nitriles is 2. The Balaban J connectivity index is 1.20. The first-order valence-corrected chi connectivity index (χ1v) is 19.4. The molecule has 264 valence electrons. The van der Waals surface area contributed by atoms with Crippen molar-refractivity contribution in [1.82, 2.24) is 14.5 Å². The van der Waals surface area contributed by atoms with Crippen LogP contribution >= 0.6 is 11.8 Å². The molecule has 9 aromatic rings. The maximum Gasteiger partial charge on any atom is 0.134 e. The first-order valence-electron chi connectivity index (χ1n) is 18.6. The van der Waals surface area contributed by atoms with Crippen LogP contribution in [0.3, 0.4) is 0 Å². The van der Waals surface area contributed by atoms with Crippen LogP contribution in [0.1, 0.15) is 33.4 Å². The predicted octanol–water partition coefficient (Wildman–Crippen LogP) is 11.7. The molecule has 6 aromatic carbocycles. The summed E-state index contributed by atoms with van der Waals surface area (Å²) in [6.07, 6.45) is 3.79. The monoisotopic (exact) mass is 746 g/mol. The Morgan fingerprint density at radius 1 is 0.561 bits per heavy atom. The standard InChI is InChI=1S/C49H26N6OS/c50-26-29-18-20-38-33(23-29)32-9-1-3-12-37(32)55(38)41-14-7-16-43-46(41)49(34-10-2-5-15-42(34)56-43)35-11-8-22-52-47(35)48-36(49)25-31(28-53-48)54-39-13-4-6-17-44(39)57-45-24-30(27-51)19-21-40(45)54/h1-25,28H. The van der Waals surface area contributed by atoms with E-state index in [1.807, 2.05) is 67.0 Å². The fraction of sp³-hybridized carbons (Fsp3) is 0.0204. The van der Waals surface area contributed by atoms with Gasteiger partial charge in [0.25, 0.3) is 0 Å². The summed E-state index contributed by atoms with van der Waals surface area (Å²) in [5.41, 5.74) is 11.9. The van der Waals surface area contributed by atoms with Crippen molar-refractivity contribution in [3.8, 4) is 40.7 Å². The number of fused-ring (bicyclic) bond motifs is 14. The molecule has 0 amide bonds. The minimum absolute atomic E-state index is 0.612. The minimum atomic E-state index is -0.898. The Bertz CT molecular complexity index is 3320. The van der Waals surface area contributed by atoms with Gasteiger partial charge in [-0.3, -0.25) is 9.97 Å². The largest absolute Gasteiger partial charge is 0.457 e. The predicted molar refractivity (Wildman–Crippen MR) is 222 cm³/mol. The molecule has 0 saturated carbocycles. The highest BCUT2D eigenvalue weighted by Crippen LogP contribution is 2.63. The highest BCUT2D eigenvalue weighted by atomic mass is 32.2. The summed E-state index contributed by atoms with van der Waals surface area (Å²) in [6, 6.07) is 54.3. The van der Waals surface area contributed by atoms with Crippen LogP contribution in [0.15, 0.2) is 168 Å². The molecule has 3 aromatic heterocycles. The second-order valence-electron chi connectivity index (χ2n) is 14.4. The maximum atomic E-state index is 9.92. The summed E-state index contributed by atoms with van der Waals surface area (Å²) in [5.74, 6) is 1.51. The Labute approximate surface area is 331 Å². The molecule has 0 bridgehead atoms. The molecule has 1 spiro atoms. The molecule has 0 fully saturated rings. The Morgan fingerprint density at radius 3 is 2.21 bits per heavy atom. The van der Waals surface area contributed by atoms with Crippen LogP contribution < -0.4 is 9.64 Å². The van der Waals surface area contributed by atoms with Gasteiger partial charge in [0.2, 0.25) is 0 Å². The second-order valence-corrected chi connectivity index (χ2v) is 15.5. The van der Waals surface area contributed by atoms with Crippen LogP contribution in [0.4, 0.5) is 17.1 Å². The van der Waals surface area contributed by atoms with Gasteiger partial charge < -0.3 is 14.2 Å². The van der Waals surface area contributed by atoms with Gasteiger partial charge in [-0.05, 0) is 90.5 Å².